The Hall–Kier alpha value is -3.39. The largest absolute Gasteiger partial charge is 0.497 e. The van der Waals surface area contributed by atoms with Gasteiger partial charge in [-0.3, -0.25) is 9.48 Å². The predicted octanol–water partition coefficient (Wildman–Crippen LogP) is 3.21. The first-order valence-corrected chi connectivity index (χ1v) is 9.04. The van der Waals surface area contributed by atoms with E-state index < -0.39 is 11.7 Å². The Morgan fingerprint density at radius 2 is 2.07 bits per heavy atom. The first-order valence-electron chi connectivity index (χ1n) is 9.04. The van der Waals surface area contributed by atoms with Gasteiger partial charge < -0.3 is 20.5 Å². The number of aryl methyl sites for hydroxylation is 1. The van der Waals surface area contributed by atoms with Crippen molar-refractivity contribution >= 4 is 11.6 Å². The minimum atomic E-state index is -0.661. The maximum Gasteiger partial charge on any atom is 0.258 e. The molecule has 1 aromatic heterocycles. The number of ether oxygens (including phenoxy) is 2. The number of hydrogen-bond donors (Lipinski definition) is 2. The first kappa shape index (κ1) is 20.3. The number of carbonyl (C=O) groups is 1. The van der Waals surface area contributed by atoms with Crippen molar-refractivity contribution in [3.63, 3.8) is 0 Å². The van der Waals surface area contributed by atoms with Gasteiger partial charge in [0.1, 0.15) is 23.9 Å². The van der Waals surface area contributed by atoms with E-state index in [0.717, 1.165) is 11.3 Å². The van der Waals surface area contributed by atoms with Crippen LogP contribution in [0, 0.1) is 5.82 Å². The van der Waals surface area contributed by atoms with E-state index >= 15 is 0 Å². The number of halogens is 1. The Morgan fingerprint density at radius 3 is 2.69 bits per heavy atom. The van der Waals surface area contributed by atoms with E-state index in [9.17, 15) is 9.18 Å². The van der Waals surface area contributed by atoms with Gasteiger partial charge in [0, 0.05) is 36.6 Å². The van der Waals surface area contributed by atoms with Crippen LogP contribution in [-0.4, -0.2) is 35.4 Å². The summed E-state index contributed by atoms with van der Waals surface area (Å²) in [4.78, 5) is 12.5. The predicted molar refractivity (Wildman–Crippen MR) is 109 cm³/mol. The Labute approximate surface area is 168 Å². The number of benzene rings is 2. The molecular weight excluding hydrogens is 375 g/mol. The lowest BCUT2D eigenvalue weighted by Gasteiger charge is -2.15. The highest BCUT2D eigenvalue weighted by Crippen LogP contribution is 2.33. The van der Waals surface area contributed by atoms with E-state index in [2.05, 4.69) is 10.4 Å². The quantitative estimate of drug-likeness (QED) is 0.638. The summed E-state index contributed by atoms with van der Waals surface area (Å²) < 4.78 is 26.7. The summed E-state index contributed by atoms with van der Waals surface area (Å²) in [5, 5.41) is 6.90. The summed E-state index contributed by atoms with van der Waals surface area (Å²) in [5.41, 5.74) is 7.74. The molecule has 1 heterocycles. The summed E-state index contributed by atoms with van der Waals surface area (Å²) in [6, 6.07) is 11.0. The van der Waals surface area contributed by atoms with Gasteiger partial charge in [-0.25, -0.2) is 4.39 Å². The molecule has 152 valence electrons. The van der Waals surface area contributed by atoms with Gasteiger partial charge in [-0.2, -0.15) is 5.10 Å². The fourth-order valence-corrected chi connectivity index (χ4v) is 2.80. The monoisotopic (exact) mass is 398 g/mol. The van der Waals surface area contributed by atoms with Gasteiger partial charge in [-0.05, 0) is 43.3 Å². The lowest BCUT2D eigenvalue weighted by atomic mass is 10.1. The second kappa shape index (κ2) is 8.74. The van der Waals surface area contributed by atoms with Crippen molar-refractivity contribution in [2.45, 2.75) is 13.0 Å². The molecule has 0 bridgehead atoms. The molecule has 0 spiro atoms. The number of nitrogens with one attached hydrogen (secondary N) is 1. The van der Waals surface area contributed by atoms with Crippen LogP contribution in [0.25, 0.3) is 11.3 Å². The standard InChI is InChI=1S/C21H23FN4O3/c1-13(23)12-29-20-7-4-14(10-17(20)19-8-9-24-26(19)2)25-21(27)16-6-5-15(28-3)11-18(16)22/h4-11,13H,12,23H2,1-3H3,(H,25,27). The number of nitrogens with two attached hydrogens (primary N) is 1. The van der Waals surface area contributed by atoms with Crippen molar-refractivity contribution in [1.82, 2.24) is 9.78 Å². The highest BCUT2D eigenvalue weighted by atomic mass is 19.1. The lowest BCUT2D eigenvalue weighted by molar-refractivity contribution is 0.102. The molecule has 8 heteroatoms. The number of nitrogens with zero attached hydrogens (tertiary/aromatic N) is 2. The van der Waals surface area contributed by atoms with Crippen LogP contribution in [0.15, 0.2) is 48.7 Å². The molecule has 3 N–H and O–H groups in total. The van der Waals surface area contributed by atoms with Crippen LogP contribution in [-0.2, 0) is 7.05 Å². The molecule has 0 aliphatic heterocycles. The van der Waals surface area contributed by atoms with Crippen molar-refractivity contribution in [3.8, 4) is 22.8 Å². The van der Waals surface area contributed by atoms with E-state index in [1.165, 1.54) is 25.3 Å². The van der Waals surface area contributed by atoms with Crippen LogP contribution in [0.1, 0.15) is 17.3 Å². The van der Waals surface area contributed by atoms with Crippen molar-refractivity contribution < 1.29 is 18.7 Å². The number of aromatic nitrogens is 2. The Kier molecular flexibility index (Phi) is 6.13. The van der Waals surface area contributed by atoms with Gasteiger partial charge in [-0.1, -0.05) is 0 Å². The third kappa shape index (κ3) is 4.72. The van der Waals surface area contributed by atoms with Crippen LogP contribution in [0.3, 0.4) is 0 Å². The van der Waals surface area contributed by atoms with Gasteiger partial charge in [0.15, 0.2) is 0 Å². The molecule has 1 amide bonds. The maximum absolute atomic E-state index is 14.2. The van der Waals surface area contributed by atoms with Crippen molar-refractivity contribution in [3.05, 3.63) is 60.0 Å². The number of methoxy groups -OCH3 is 1. The van der Waals surface area contributed by atoms with Gasteiger partial charge in [-0.15, -0.1) is 0 Å². The maximum atomic E-state index is 14.2. The second-order valence-corrected chi connectivity index (χ2v) is 6.64. The Morgan fingerprint density at radius 1 is 1.28 bits per heavy atom. The number of rotatable bonds is 7. The zero-order valence-corrected chi connectivity index (χ0v) is 16.5. The number of hydrogen-bond acceptors (Lipinski definition) is 5. The molecule has 0 fully saturated rings. The summed E-state index contributed by atoms with van der Waals surface area (Å²) in [6.45, 7) is 2.19. The summed E-state index contributed by atoms with van der Waals surface area (Å²) in [5.74, 6) is -0.274. The molecule has 0 saturated carbocycles. The zero-order chi connectivity index (χ0) is 21.0. The molecular formula is C21H23FN4O3. The smallest absolute Gasteiger partial charge is 0.258 e. The molecule has 1 atom stereocenters. The number of carbonyl (C=O) groups excluding carboxylic acids is 1. The van der Waals surface area contributed by atoms with Gasteiger partial charge >= 0.3 is 0 Å². The zero-order valence-electron chi connectivity index (χ0n) is 16.5. The van der Waals surface area contributed by atoms with E-state index in [-0.39, 0.29) is 11.6 Å². The van der Waals surface area contributed by atoms with Gasteiger partial charge in [0.25, 0.3) is 5.91 Å². The van der Waals surface area contributed by atoms with Crippen molar-refractivity contribution in [2.75, 3.05) is 19.0 Å². The average Bonchev–Trinajstić information content (AvgIpc) is 3.12. The van der Waals surface area contributed by atoms with Crippen molar-refractivity contribution in [2.24, 2.45) is 12.8 Å². The molecule has 0 saturated heterocycles. The first-order chi connectivity index (χ1) is 13.9. The van der Waals surface area contributed by atoms with E-state index in [4.69, 9.17) is 15.2 Å². The van der Waals surface area contributed by atoms with Gasteiger partial charge in [0.2, 0.25) is 0 Å². The fraction of sp³-hybridized carbons (Fsp3) is 0.238. The SMILES string of the molecule is COc1ccc(C(=O)Nc2ccc(OCC(C)N)c(-c3ccnn3C)c2)c(F)c1. The van der Waals surface area contributed by atoms with Crippen molar-refractivity contribution in [1.29, 1.82) is 0 Å². The molecule has 0 aliphatic rings. The average molecular weight is 398 g/mol. The highest BCUT2D eigenvalue weighted by Gasteiger charge is 2.16. The minimum absolute atomic E-state index is 0.0785. The fourth-order valence-electron chi connectivity index (χ4n) is 2.80. The molecule has 3 rings (SSSR count). The summed E-state index contributed by atoms with van der Waals surface area (Å²) in [6.07, 6.45) is 1.67. The number of anilines is 1. The summed E-state index contributed by atoms with van der Waals surface area (Å²) >= 11 is 0. The molecule has 1 unspecified atom stereocenters. The van der Waals surface area contributed by atoms with Crippen LogP contribution in [0.2, 0.25) is 0 Å². The molecule has 0 radical (unpaired) electrons. The van der Waals surface area contributed by atoms with Crippen LogP contribution >= 0.6 is 0 Å². The minimum Gasteiger partial charge on any atom is -0.497 e. The van der Waals surface area contributed by atoms with E-state index in [1.54, 1.807) is 29.1 Å². The lowest BCUT2D eigenvalue weighted by Crippen LogP contribution is -2.23. The molecule has 2 aromatic carbocycles. The highest BCUT2D eigenvalue weighted by molar-refractivity contribution is 6.04. The molecule has 3 aromatic rings. The normalized spacial score (nSPS) is 11.8. The molecule has 29 heavy (non-hydrogen) atoms. The van der Waals surface area contributed by atoms with E-state index in [0.29, 0.717) is 23.8 Å². The second-order valence-electron chi connectivity index (χ2n) is 6.64. The third-order valence-electron chi connectivity index (χ3n) is 4.26. The topological polar surface area (TPSA) is 91.4 Å². The van der Waals surface area contributed by atoms with Crippen LogP contribution in [0.4, 0.5) is 10.1 Å². The third-order valence-corrected chi connectivity index (χ3v) is 4.26. The van der Waals surface area contributed by atoms with Gasteiger partial charge in [0.05, 0.1) is 18.4 Å². The Balaban J connectivity index is 1.90. The number of amides is 1. The Bertz CT molecular complexity index is 1020. The summed E-state index contributed by atoms with van der Waals surface area (Å²) in [7, 11) is 3.24. The van der Waals surface area contributed by atoms with Crippen LogP contribution in [0.5, 0.6) is 11.5 Å². The van der Waals surface area contributed by atoms with Crippen LogP contribution < -0.4 is 20.5 Å². The molecule has 0 aliphatic carbocycles. The molecule has 7 nitrogen and oxygen atoms in total. The van der Waals surface area contributed by atoms with E-state index in [1.807, 2.05) is 20.0 Å².